The fraction of sp³-hybridized carbons (Fsp3) is 0.733. The minimum Gasteiger partial charge on any atom is -0.384 e. The van der Waals surface area contributed by atoms with E-state index in [0.717, 1.165) is 37.7 Å². The van der Waals surface area contributed by atoms with Crippen LogP contribution in [0.5, 0.6) is 0 Å². The standard InChI is InChI=1S/C15H23N3O2S/c1-11-16-13(8-21-11)14(19)18-9-15(10-18)6-12(7-20-3)4-5-17(15)2/h8,12H,4-7,9-10H2,1-3H3. The van der Waals surface area contributed by atoms with Crippen molar-refractivity contribution >= 4 is 17.2 Å². The average Bonchev–Trinajstić information content (AvgIpc) is 2.85. The van der Waals surface area contributed by atoms with E-state index in [1.54, 1.807) is 7.11 Å². The summed E-state index contributed by atoms with van der Waals surface area (Å²) >= 11 is 1.53. The molecular weight excluding hydrogens is 286 g/mol. The van der Waals surface area contributed by atoms with E-state index in [2.05, 4.69) is 16.9 Å². The molecule has 3 rings (SSSR count). The highest BCUT2D eigenvalue weighted by Crippen LogP contribution is 2.38. The molecule has 5 nitrogen and oxygen atoms in total. The van der Waals surface area contributed by atoms with Crippen molar-refractivity contribution in [2.24, 2.45) is 5.92 Å². The van der Waals surface area contributed by atoms with Crippen LogP contribution in [0.2, 0.25) is 0 Å². The Hall–Kier alpha value is -0.980. The molecule has 1 atom stereocenters. The molecule has 0 radical (unpaired) electrons. The Morgan fingerprint density at radius 3 is 2.95 bits per heavy atom. The summed E-state index contributed by atoms with van der Waals surface area (Å²) in [5.41, 5.74) is 0.751. The van der Waals surface area contributed by atoms with Crippen LogP contribution in [0.15, 0.2) is 5.38 Å². The van der Waals surface area contributed by atoms with Crippen molar-refractivity contribution in [2.75, 3.05) is 40.4 Å². The monoisotopic (exact) mass is 309 g/mol. The number of methoxy groups -OCH3 is 1. The van der Waals surface area contributed by atoms with E-state index in [-0.39, 0.29) is 11.4 Å². The van der Waals surface area contributed by atoms with Crippen molar-refractivity contribution in [3.05, 3.63) is 16.1 Å². The van der Waals surface area contributed by atoms with Gasteiger partial charge in [-0.2, -0.15) is 0 Å². The number of carbonyl (C=O) groups excluding carboxylic acids is 1. The van der Waals surface area contributed by atoms with Crippen LogP contribution < -0.4 is 0 Å². The summed E-state index contributed by atoms with van der Waals surface area (Å²) in [6.07, 6.45) is 2.31. The molecule has 1 spiro atoms. The Labute approximate surface area is 129 Å². The van der Waals surface area contributed by atoms with Crippen LogP contribution in [-0.4, -0.2) is 66.6 Å². The highest BCUT2D eigenvalue weighted by atomic mass is 32.1. The molecule has 0 saturated carbocycles. The van der Waals surface area contributed by atoms with Crippen LogP contribution in [0, 0.1) is 12.8 Å². The first-order valence-electron chi connectivity index (χ1n) is 7.46. The molecule has 0 aromatic carbocycles. The van der Waals surface area contributed by atoms with E-state index in [4.69, 9.17) is 4.74 Å². The summed E-state index contributed by atoms with van der Waals surface area (Å²) in [5, 5.41) is 2.81. The third-order valence-electron chi connectivity index (χ3n) is 4.85. The zero-order chi connectivity index (χ0) is 15.0. The SMILES string of the molecule is COCC1CCN(C)C2(C1)CN(C(=O)c1csc(C)n1)C2. The van der Waals surface area contributed by atoms with Gasteiger partial charge in [-0.15, -0.1) is 11.3 Å². The van der Waals surface area contributed by atoms with E-state index in [9.17, 15) is 4.79 Å². The lowest BCUT2D eigenvalue weighted by Crippen LogP contribution is -2.72. The minimum atomic E-state index is 0.0761. The Balaban J connectivity index is 1.64. The maximum atomic E-state index is 12.4. The summed E-state index contributed by atoms with van der Waals surface area (Å²) in [6.45, 7) is 5.49. The molecule has 2 fully saturated rings. The Morgan fingerprint density at radius 1 is 1.57 bits per heavy atom. The Bertz CT molecular complexity index is 525. The highest BCUT2D eigenvalue weighted by molar-refractivity contribution is 7.09. The van der Waals surface area contributed by atoms with Gasteiger partial charge in [0.2, 0.25) is 0 Å². The number of carbonyl (C=O) groups is 1. The number of rotatable bonds is 3. The molecule has 1 unspecified atom stereocenters. The summed E-state index contributed by atoms with van der Waals surface area (Å²) in [4.78, 5) is 21.1. The zero-order valence-corrected chi connectivity index (χ0v) is 13.8. The fourth-order valence-corrected chi connectivity index (χ4v) is 4.18. The lowest BCUT2D eigenvalue weighted by molar-refractivity contribution is -0.0732. The number of hydrogen-bond acceptors (Lipinski definition) is 5. The summed E-state index contributed by atoms with van der Waals surface area (Å²) < 4.78 is 5.32. The summed E-state index contributed by atoms with van der Waals surface area (Å²) in [7, 11) is 3.95. The van der Waals surface area contributed by atoms with Gasteiger partial charge in [-0.25, -0.2) is 4.98 Å². The number of ether oxygens (including phenoxy) is 1. The van der Waals surface area contributed by atoms with Gasteiger partial charge >= 0.3 is 0 Å². The lowest BCUT2D eigenvalue weighted by Gasteiger charge is -2.58. The van der Waals surface area contributed by atoms with Crippen molar-refractivity contribution in [3.63, 3.8) is 0 Å². The minimum absolute atomic E-state index is 0.0761. The van der Waals surface area contributed by atoms with Crippen molar-refractivity contribution < 1.29 is 9.53 Å². The van der Waals surface area contributed by atoms with Gasteiger partial charge in [0.05, 0.1) is 10.5 Å². The van der Waals surface area contributed by atoms with Gasteiger partial charge < -0.3 is 9.64 Å². The molecule has 6 heteroatoms. The number of likely N-dealkylation sites (tertiary alicyclic amines) is 2. The number of nitrogens with zero attached hydrogens (tertiary/aromatic N) is 3. The lowest BCUT2D eigenvalue weighted by atomic mass is 9.75. The molecule has 116 valence electrons. The topological polar surface area (TPSA) is 45.7 Å². The van der Waals surface area contributed by atoms with E-state index in [1.165, 1.54) is 17.8 Å². The van der Waals surface area contributed by atoms with Crippen LogP contribution >= 0.6 is 11.3 Å². The molecule has 1 amide bonds. The number of amides is 1. The number of hydrogen-bond donors (Lipinski definition) is 0. The molecule has 0 bridgehead atoms. The first-order valence-corrected chi connectivity index (χ1v) is 8.33. The smallest absolute Gasteiger partial charge is 0.273 e. The number of aryl methyl sites for hydroxylation is 1. The Morgan fingerprint density at radius 2 is 2.33 bits per heavy atom. The number of likely N-dealkylation sites (N-methyl/N-ethyl adjacent to an activating group) is 1. The molecule has 2 aliphatic rings. The molecule has 21 heavy (non-hydrogen) atoms. The average molecular weight is 309 g/mol. The van der Waals surface area contributed by atoms with Crippen molar-refractivity contribution in [1.29, 1.82) is 0 Å². The van der Waals surface area contributed by atoms with Crippen molar-refractivity contribution in [2.45, 2.75) is 25.3 Å². The predicted octanol–water partition coefficient (Wildman–Crippen LogP) is 1.63. The molecule has 0 aliphatic carbocycles. The van der Waals surface area contributed by atoms with E-state index in [1.807, 2.05) is 17.2 Å². The van der Waals surface area contributed by atoms with Crippen LogP contribution in [-0.2, 0) is 4.74 Å². The molecule has 3 heterocycles. The first kappa shape index (κ1) is 14.9. The van der Waals surface area contributed by atoms with Crippen molar-refractivity contribution in [3.8, 4) is 0 Å². The second-order valence-corrected chi connectivity index (χ2v) is 7.44. The third kappa shape index (κ3) is 2.72. The molecule has 0 N–H and O–H groups in total. The van der Waals surface area contributed by atoms with Crippen molar-refractivity contribution in [1.82, 2.24) is 14.8 Å². The molecule has 1 aromatic heterocycles. The van der Waals surface area contributed by atoms with Gasteiger partial charge in [0.15, 0.2) is 0 Å². The first-order chi connectivity index (χ1) is 10.0. The van der Waals surface area contributed by atoms with Gasteiger partial charge in [-0.1, -0.05) is 0 Å². The third-order valence-corrected chi connectivity index (χ3v) is 5.62. The van der Waals surface area contributed by atoms with Gasteiger partial charge in [0, 0.05) is 32.2 Å². The summed E-state index contributed by atoms with van der Waals surface area (Å²) in [6, 6.07) is 0. The molecular formula is C15H23N3O2S. The van der Waals surface area contributed by atoms with Crippen LogP contribution in [0.1, 0.15) is 28.3 Å². The van der Waals surface area contributed by atoms with E-state index in [0.29, 0.717) is 11.6 Å². The van der Waals surface area contributed by atoms with Gasteiger partial charge in [0.1, 0.15) is 5.69 Å². The molecule has 2 aliphatic heterocycles. The number of thiazole rings is 1. The van der Waals surface area contributed by atoms with Crippen LogP contribution in [0.3, 0.4) is 0 Å². The highest BCUT2D eigenvalue weighted by Gasteiger charge is 2.51. The maximum absolute atomic E-state index is 12.4. The summed E-state index contributed by atoms with van der Waals surface area (Å²) in [5.74, 6) is 0.692. The molecule has 1 aromatic rings. The zero-order valence-electron chi connectivity index (χ0n) is 13.0. The van der Waals surface area contributed by atoms with Gasteiger partial charge in [-0.3, -0.25) is 9.69 Å². The maximum Gasteiger partial charge on any atom is 0.273 e. The van der Waals surface area contributed by atoms with Gasteiger partial charge in [-0.05, 0) is 39.3 Å². The van der Waals surface area contributed by atoms with Crippen LogP contribution in [0.4, 0.5) is 0 Å². The predicted molar refractivity (Wildman–Crippen MR) is 82.7 cm³/mol. The largest absolute Gasteiger partial charge is 0.384 e. The second-order valence-electron chi connectivity index (χ2n) is 6.37. The number of aromatic nitrogens is 1. The Kier molecular flexibility index (Phi) is 4.03. The normalized spacial score (nSPS) is 25.1. The van der Waals surface area contributed by atoms with E-state index < -0.39 is 0 Å². The fourth-order valence-electron chi connectivity index (χ4n) is 3.59. The second kappa shape index (κ2) is 5.66. The van der Waals surface area contributed by atoms with E-state index >= 15 is 0 Å². The quantitative estimate of drug-likeness (QED) is 0.851. The van der Waals surface area contributed by atoms with Gasteiger partial charge in [0.25, 0.3) is 5.91 Å². The molecule has 2 saturated heterocycles. The van der Waals surface area contributed by atoms with Crippen LogP contribution in [0.25, 0.3) is 0 Å². The number of piperidine rings is 1.